The van der Waals surface area contributed by atoms with E-state index in [-0.39, 0.29) is 5.91 Å². The number of benzene rings is 1. The summed E-state index contributed by atoms with van der Waals surface area (Å²) in [7, 11) is 1.98. The molecule has 0 radical (unpaired) electrons. The summed E-state index contributed by atoms with van der Waals surface area (Å²) in [5.41, 5.74) is 3.65. The molecular weight excluding hydrogens is 256 g/mol. The molecule has 1 amide bonds. The summed E-state index contributed by atoms with van der Waals surface area (Å²) < 4.78 is 3.26. The standard InChI is InChI=1S/C15H20N2OS/c1-5-6-7-12(18)16-15-17(4)13-10(2)8-9-11(3)14(13)19-15/h8-9H,5-7H2,1-4H3. The second-order valence-corrected chi connectivity index (χ2v) is 5.91. The smallest absolute Gasteiger partial charge is 0.248 e. The van der Waals surface area contributed by atoms with Crippen LogP contribution in [0.5, 0.6) is 0 Å². The van der Waals surface area contributed by atoms with E-state index in [1.807, 2.05) is 11.6 Å². The van der Waals surface area contributed by atoms with Gasteiger partial charge in [0.25, 0.3) is 0 Å². The molecule has 0 aliphatic rings. The zero-order valence-corrected chi connectivity index (χ0v) is 12.8. The second-order valence-electron chi connectivity index (χ2n) is 4.93. The minimum absolute atomic E-state index is 0.0145. The summed E-state index contributed by atoms with van der Waals surface area (Å²) in [6.45, 7) is 6.28. The van der Waals surface area contributed by atoms with Crippen molar-refractivity contribution in [1.82, 2.24) is 4.57 Å². The minimum Gasteiger partial charge on any atom is -0.319 e. The molecule has 0 spiro atoms. The SMILES string of the molecule is CCCCC(=O)N=c1sc2c(C)ccc(C)c2n1C. The number of nitrogens with zero attached hydrogens (tertiary/aromatic N) is 2. The van der Waals surface area contributed by atoms with E-state index in [2.05, 4.69) is 37.9 Å². The highest BCUT2D eigenvalue weighted by atomic mass is 32.1. The first-order valence-electron chi connectivity index (χ1n) is 6.68. The molecule has 0 N–H and O–H groups in total. The van der Waals surface area contributed by atoms with E-state index in [4.69, 9.17) is 0 Å². The number of rotatable bonds is 3. The van der Waals surface area contributed by atoms with E-state index in [1.165, 1.54) is 21.3 Å². The molecule has 1 aromatic heterocycles. The monoisotopic (exact) mass is 276 g/mol. The first kappa shape index (κ1) is 14.0. The van der Waals surface area contributed by atoms with Crippen molar-refractivity contribution in [3.05, 3.63) is 28.1 Å². The summed E-state index contributed by atoms with van der Waals surface area (Å²) in [4.78, 5) is 16.9. The van der Waals surface area contributed by atoms with Gasteiger partial charge in [-0.2, -0.15) is 4.99 Å². The maximum absolute atomic E-state index is 11.8. The highest BCUT2D eigenvalue weighted by molar-refractivity contribution is 7.16. The van der Waals surface area contributed by atoms with Gasteiger partial charge in [0.2, 0.25) is 5.91 Å². The van der Waals surface area contributed by atoms with Crippen LogP contribution in [0.25, 0.3) is 10.2 Å². The molecule has 1 heterocycles. The fourth-order valence-electron chi connectivity index (χ4n) is 2.16. The molecule has 1 aromatic carbocycles. The number of thiazole rings is 1. The van der Waals surface area contributed by atoms with Crippen molar-refractivity contribution in [3.63, 3.8) is 0 Å². The zero-order valence-electron chi connectivity index (χ0n) is 12.0. The third-order valence-corrected chi connectivity index (χ3v) is 4.58. The molecule has 0 bridgehead atoms. The zero-order chi connectivity index (χ0) is 14.0. The molecule has 0 saturated heterocycles. The first-order chi connectivity index (χ1) is 9.04. The largest absolute Gasteiger partial charge is 0.319 e. The van der Waals surface area contributed by atoms with Crippen LogP contribution >= 0.6 is 11.3 Å². The van der Waals surface area contributed by atoms with Crippen LogP contribution in [0, 0.1) is 13.8 Å². The van der Waals surface area contributed by atoms with Crippen LogP contribution in [-0.2, 0) is 11.8 Å². The number of hydrogen-bond acceptors (Lipinski definition) is 2. The maximum Gasteiger partial charge on any atom is 0.248 e. The Bertz CT molecular complexity index is 679. The molecule has 0 saturated carbocycles. The first-order valence-corrected chi connectivity index (χ1v) is 7.49. The van der Waals surface area contributed by atoms with E-state index in [0.717, 1.165) is 17.6 Å². The summed E-state index contributed by atoms with van der Waals surface area (Å²) in [6.07, 6.45) is 2.48. The molecule has 0 atom stereocenters. The van der Waals surface area contributed by atoms with Crippen LogP contribution < -0.4 is 4.80 Å². The number of hydrogen-bond donors (Lipinski definition) is 0. The number of aromatic nitrogens is 1. The molecule has 0 aliphatic carbocycles. The number of carbonyl (C=O) groups excluding carboxylic acids is 1. The molecule has 2 rings (SSSR count). The average Bonchev–Trinajstić information content (AvgIpc) is 2.70. The Kier molecular flexibility index (Phi) is 4.20. The van der Waals surface area contributed by atoms with E-state index < -0.39 is 0 Å². The summed E-state index contributed by atoms with van der Waals surface area (Å²) in [6, 6.07) is 4.24. The average molecular weight is 276 g/mol. The summed E-state index contributed by atoms with van der Waals surface area (Å²) in [5.74, 6) is -0.0145. The number of unbranched alkanes of at least 4 members (excludes halogenated alkanes) is 1. The molecule has 0 unspecified atom stereocenters. The Balaban J connectivity index is 2.54. The van der Waals surface area contributed by atoms with Crippen molar-refractivity contribution in [2.24, 2.45) is 12.0 Å². The van der Waals surface area contributed by atoms with Crippen LogP contribution in [0.3, 0.4) is 0 Å². The third kappa shape index (κ3) is 2.78. The van der Waals surface area contributed by atoms with Crippen molar-refractivity contribution in [2.45, 2.75) is 40.0 Å². The Morgan fingerprint density at radius 3 is 2.63 bits per heavy atom. The topological polar surface area (TPSA) is 34.4 Å². The summed E-state index contributed by atoms with van der Waals surface area (Å²) >= 11 is 1.60. The number of carbonyl (C=O) groups is 1. The van der Waals surface area contributed by atoms with E-state index in [1.54, 1.807) is 11.3 Å². The van der Waals surface area contributed by atoms with Gasteiger partial charge in [-0.3, -0.25) is 4.79 Å². The van der Waals surface area contributed by atoms with Gasteiger partial charge in [0.05, 0.1) is 10.2 Å². The lowest BCUT2D eigenvalue weighted by molar-refractivity contribution is -0.118. The molecule has 4 heteroatoms. The van der Waals surface area contributed by atoms with Gasteiger partial charge in [-0.25, -0.2) is 0 Å². The lowest BCUT2D eigenvalue weighted by atomic mass is 10.1. The van der Waals surface area contributed by atoms with Gasteiger partial charge in [0, 0.05) is 13.5 Å². The van der Waals surface area contributed by atoms with Crippen LogP contribution in [-0.4, -0.2) is 10.5 Å². The fraction of sp³-hybridized carbons (Fsp3) is 0.467. The molecule has 2 aromatic rings. The van der Waals surface area contributed by atoms with Gasteiger partial charge in [0.15, 0.2) is 4.80 Å². The van der Waals surface area contributed by atoms with Gasteiger partial charge in [-0.05, 0) is 31.4 Å². The van der Waals surface area contributed by atoms with Gasteiger partial charge in [-0.1, -0.05) is 36.8 Å². The van der Waals surface area contributed by atoms with Crippen molar-refractivity contribution < 1.29 is 4.79 Å². The molecule has 19 heavy (non-hydrogen) atoms. The molecule has 3 nitrogen and oxygen atoms in total. The van der Waals surface area contributed by atoms with Crippen LogP contribution in [0.1, 0.15) is 37.3 Å². The van der Waals surface area contributed by atoms with E-state index in [0.29, 0.717) is 6.42 Å². The fourth-order valence-corrected chi connectivity index (χ4v) is 3.34. The van der Waals surface area contributed by atoms with E-state index >= 15 is 0 Å². The Morgan fingerprint density at radius 2 is 2.00 bits per heavy atom. The van der Waals surface area contributed by atoms with Crippen LogP contribution in [0.2, 0.25) is 0 Å². The second kappa shape index (κ2) is 5.70. The van der Waals surface area contributed by atoms with E-state index in [9.17, 15) is 4.79 Å². The normalized spacial score (nSPS) is 12.3. The van der Waals surface area contributed by atoms with Crippen molar-refractivity contribution in [1.29, 1.82) is 0 Å². The van der Waals surface area contributed by atoms with Gasteiger partial charge in [0.1, 0.15) is 0 Å². The molecular formula is C15H20N2OS. The molecule has 0 fully saturated rings. The molecule has 102 valence electrons. The van der Waals surface area contributed by atoms with Gasteiger partial charge in [-0.15, -0.1) is 0 Å². The summed E-state index contributed by atoms with van der Waals surface area (Å²) in [5, 5.41) is 0. The minimum atomic E-state index is -0.0145. The van der Waals surface area contributed by atoms with Crippen molar-refractivity contribution in [2.75, 3.05) is 0 Å². The maximum atomic E-state index is 11.8. The third-order valence-electron chi connectivity index (χ3n) is 3.31. The number of amides is 1. The highest BCUT2D eigenvalue weighted by Gasteiger charge is 2.09. The quantitative estimate of drug-likeness (QED) is 0.845. The Labute approximate surface area is 117 Å². The van der Waals surface area contributed by atoms with Gasteiger partial charge < -0.3 is 4.57 Å². The number of fused-ring (bicyclic) bond motifs is 1. The van der Waals surface area contributed by atoms with Crippen LogP contribution in [0.4, 0.5) is 0 Å². The van der Waals surface area contributed by atoms with Crippen molar-refractivity contribution in [3.8, 4) is 0 Å². The lowest BCUT2D eigenvalue weighted by Crippen LogP contribution is -2.13. The van der Waals surface area contributed by atoms with Crippen LogP contribution in [0.15, 0.2) is 17.1 Å². The highest BCUT2D eigenvalue weighted by Crippen LogP contribution is 2.23. The van der Waals surface area contributed by atoms with Gasteiger partial charge >= 0.3 is 0 Å². The predicted octanol–water partition coefficient (Wildman–Crippen LogP) is 3.47. The Morgan fingerprint density at radius 1 is 1.32 bits per heavy atom. The molecule has 0 aliphatic heterocycles. The Hall–Kier alpha value is -1.42. The number of aryl methyl sites for hydroxylation is 3. The van der Waals surface area contributed by atoms with Crippen molar-refractivity contribution >= 4 is 27.5 Å². The lowest BCUT2D eigenvalue weighted by Gasteiger charge is -2.01. The predicted molar refractivity (Wildman–Crippen MR) is 80.4 cm³/mol.